The summed E-state index contributed by atoms with van der Waals surface area (Å²) in [6.07, 6.45) is 0. The summed E-state index contributed by atoms with van der Waals surface area (Å²) >= 11 is 0. The molecule has 2 aromatic rings. The molecule has 0 saturated heterocycles. The first-order chi connectivity index (χ1) is 12.0. The van der Waals surface area contributed by atoms with Gasteiger partial charge in [-0.25, -0.2) is 4.79 Å². The molecule has 126 valence electrons. The highest BCUT2D eigenvalue weighted by Crippen LogP contribution is 2.27. The molecule has 0 aromatic heterocycles. The molecule has 7 nitrogen and oxygen atoms in total. The van der Waals surface area contributed by atoms with Gasteiger partial charge in [0.1, 0.15) is 11.4 Å². The van der Waals surface area contributed by atoms with Gasteiger partial charge >= 0.3 is 5.97 Å². The Morgan fingerprint density at radius 1 is 1.08 bits per heavy atom. The van der Waals surface area contributed by atoms with Gasteiger partial charge in [0.15, 0.2) is 0 Å². The number of ether oxygens (including phenoxy) is 1. The smallest absolute Gasteiger partial charge is 0.335 e. The summed E-state index contributed by atoms with van der Waals surface area (Å²) in [5.41, 5.74) is 1.26. The number of carboxylic acid groups (broad SMARTS) is 1. The van der Waals surface area contributed by atoms with Gasteiger partial charge in [0.2, 0.25) is 0 Å². The average Bonchev–Trinajstić information content (AvgIpc) is 2.88. The van der Waals surface area contributed by atoms with Crippen LogP contribution < -0.4 is 15.4 Å². The minimum atomic E-state index is -1.08. The topological polar surface area (TPSA) is 105 Å². The van der Waals surface area contributed by atoms with Crippen molar-refractivity contribution in [1.29, 1.82) is 0 Å². The number of imide groups is 1. The third-order valence-corrected chi connectivity index (χ3v) is 3.69. The highest BCUT2D eigenvalue weighted by molar-refractivity contribution is 6.36. The Morgan fingerprint density at radius 2 is 1.80 bits per heavy atom. The average molecular weight is 338 g/mol. The normalized spacial score (nSPS) is 13.6. The fourth-order valence-corrected chi connectivity index (χ4v) is 2.48. The first-order valence-corrected chi connectivity index (χ1v) is 7.34. The lowest BCUT2D eigenvalue weighted by atomic mass is 10.0. The van der Waals surface area contributed by atoms with Crippen molar-refractivity contribution in [3.8, 4) is 5.75 Å². The molecular weight excluding hydrogens is 324 g/mol. The van der Waals surface area contributed by atoms with Gasteiger partial charge in [0.25, 0.3) is 11.8 Å². The second kappa shape index (κ2) is 6.48. The van der Waals surface area contributed by atoms with Crippen molar-refractivity contribution in [3.63, 3.8) is 0 Å². The van der Waals surface area contributed by atoms with Gasteiger partial charge in [-0.1, -0.05) is 18.2 Å². The highest BCUT2D eigenvalue weighted by Gasteiger charge is 2.31. The third kappa shape index (κ3) is 3.20. The molecule has 7 heteroatoms. The quantitative estimate of drug-likeness (QED) is 0.719. The molecule has 0 atom stereocenters. The molecule has 25 heavy (non-hydrogen) atoms. The second-order valence-corrected chi connectivity index (χ2v) is 5.27. The van der Waals surface area contributed by atoms with E-state index in [1.54, 1.807) is 36.4 Å². The van der Waals surface area contributed by atoms with Crippen LogP contribution in [0, 0.1) is 0 Å². The van der Waals surface area contributed by atoms with E-state index in [0.29, 0.717) is 17.0 Å². The zero-order valence-corrected chi connectivity index (χ0v) is 13.2. The molecule has 0 aliphatic carbocycles. The summed E-state index contributed by atoms with van der Waals surface area (Å²) in [6.45, 7) is 0. The Bertz CT molecular complexity index is 900. The van der Waals surface area contributed by atoms with Crippen LogP contribution in [-0.4, -0.2) is 30.0 Å². The molecule has 0 bridgehead atoms. The van der Waals surface area contributed by atoms with Gasteiger partial charge < -0.3 is 15.2 Å². The standard InChI is InChI=1S/C18H14N2O5/c1-25-13-7-5-10(6-8-13)14-15(17(22)20-16(14)21)19-12-4-2-3-11(9-12)18(23)24/h2-9H,1H3,(H,23,24)(H2,19,20,21,22). The van der Waals surface area contributed by atoms with Crippen molar-refractivity contribution in [3.05, 3.63) is 65.4 Å². The van der Waals surface area contributed by atoms with E-state index in [1.165, 1.54) is 19.2 Å². The molecule has 0 saturated carbocycles. The van der Waals surface area contributed by atoms with E-state index in [0.717, 1.165) is 0 Å². The first-order valence-electron chi connectivity index (χ1n) is 7.34. The van der Waals surface area contributed by atoms with Crippen molar-refractivity contribution >= 4 is 29.0 Å². The Morgan fingerprint density at radius 3 is 2.44 bits per heavy atom. The minimum Gasteiger partial charge on any atom is -0.497 e. The fourth-order valence-electron chi connectivity index (χ4n) is 2.48. The summed E-state index contributed by atoms with van der Waals surface area (Å²) in [7, 11) is 1.53. The van der Waals surface area contributed by atoms with Crippen LogP contribution in [0.15, 0.2) is 54.2 Å². The summed E-state index contributed by atoms with van der Waals surface area (Å²) in [5.74, 6) is -1.55. The van der Waals surface area contributed by atoms with E-state index in [-0.39, 0.29) is 16.8 Å². The summed E-state index contributed by atoms with van der Waals surface area (Å²) < 4.78 is 5.08. The SMILES string of the molecule is COc1ccc(C2=C(Nc3cccc(C(=O)O)c3)C(=O)NC2=O)cc1. The highest BCUT2D eigenvalue weighted by atomic mass is 16.5. The van der Waals surface area contributed by atoms with E-state index in [1.807, 2.05) is 0 Å². The van der Waals surface area contributed by atoms with Crippen LogP contribution in [0.25, 0.3) is 5.57 Å². The summed E-state index contributed by atoms with van der Waals surface area (Å²) in [5, 5.41) is 14.1. The van der Waals surface area contributed by atoms with E-state index < -0.39 is 17.8 Å². The van der Waals surface area contributed by atoms with Crippen LogP contribution >= 0.6 is 0 Å². The minimum absolute atomic E-state index is 0.0673. The van der Waals surface area contributed by atoms with Gasteiger partial charge in [0.05, 0.1) is 18.2 Å². The van der Waals surface area contributed by atoms with Crippen LogP contribution in [-0.2, 0) is 9.59 Å². The maximum absolute atomic E-state index is 12.2. The van der Waals surface area contributed by atoms with E-state index in [2.05, 4.69) is 10.6 Å². The molecule has 2 amide bonds. The molecule has 2 aromatic carbocycles. The van der Waals surface area contributed by atoms with Crippen molar-refractivity contribution in [2.45, 2.75) is 0 Å². The monoisotopic (exact) mass is 338 g/mol. The zero-order valence-electron chi connectivity index (χ0n) is 13.2. The largest absolute Gasteiger partial charge is 0.497 e. The number of anilines is 1. The Kier molecular flexibility index (Phi) is 4.21. The number of benzene rings is 2. The van der Waals surface area contributed by atoms with Gasteiger partial charge in [-0.15, -0.1) is 0 Å². The van der Waals surface area contributed by atoms with Crippen molar-refractivity contribution < 1.29 is 24.2 Å². The number of rotatable bonds is 5. The van der Waals surface area contributed by atoms with Crippen LogP contribution in [0.3, 0.4) is 0 Å². The molecular formula is C18H14N2O5. The van der Waals surface area contributed by atoms with E-state index >= 15 is 0 Å². The lowest BCUT2D eigenvalue weighted by Crippen LogP contribution is -2.24. The maximum Gasteiger partial charge on any atom is 0.335 e. The second-order valence-electron chi connectivity index (χ2n) is 5.27. The van der Waals surface area contributed by atoms with Crippen LogP contribution in [0.4, 0.5) is 5.69 Å². The predicted molar refractivity (Wildman–Crippen MR) is 90.1 cm³/mol. The number of carbonyl (C=O) groups is 3. The number of aromatic carboxylic acids is 1. The maximum atomic E-state index is 12.2. The van der Waals surface area contributed by atoms with Crippen molar-refractivity contribution in [2.75, 3.05) is 12.4 Å². The molecule has 0 radical (unpaired) electrons. The number of amides is 2. The number of carbonyl (C=O) groups excluding carboxylic acids is 2. The molecule has 0 spiro atoms. The van der Waals surface area contributed by atoms with Crippen LogP contribution in [0.1, 0.15) is 15.9 Å². The number of hydrogen-bond donors (Lipinski definition) is 3. The van der Waals surface area contributed by atoms with Crippen molar-refractivity contribution in [2.24, 2.45) is 0 Å². The molecule has 1 aliphatic heterocycles. The van der Waals surface area contributed by atoms with Crippen LogP contribution in [0.2, 0.25) is 0 Å². The Hall–Kier alpha value is -3.61. The van der Waals surface area contributed by atoms with Crippen molar-refractivity contribution in [1.82, 2.24) is 5.32 Å². The number of hydrogen-bond acceptors (Lipinski definition) is 5. The molecule has 3 rings (SSSR count). The molecule has 0 unspecified atom stereocenters. The first kappa shape index (κ1) is 16.3. The number of methoxy groups -OCH3 is 1. The summed E-state index contributed by atoms with van der Waals surface area (Å²) in [4.78, 5) is 35.3. The van der Waals surface area contributed by atoms with Gasteiger partial charge in [-0.05, 0) is 35.9 Å². The molecule has 3 N–H and O–H groups in total. The molecule has 1 heterocycles. The van der Waals surface area contributed by atoms with Gasteiger partial charge in [-0.3, -0.25) is 14.9 Å². The van der Waals surface area contributed by atoms with E-state index in [9.17, 15) is 14.4 Å². The van der Waals surface area contributed by atoms with Gasteiger partial charge in [0, 0.05) is 5.69 Å². The predicted octanol–water partition coefficient (Wildman–Crippen LogP) is 1.87. The summed E-state index contributed by atoms with van der Waals surface area (Å²) in [6, 6.07) is 12.7. The van der Waals surface area contributed by atoms with Gasteiger partial charge in [-0.2, -0.15) is 0 Å². The molecule has 1 aliphatic rings. The van der Waals surface area contributed by atoms with E-state index in [4.69, 9.17) is 9.84 Å². The Balaban J connectivity index is 2.01. The van der Waals surface area contributed by atoms with Crippen LogP contribution in [0.5, 0.6) is 5.75 Å². The zero-order chi connectivity index (χ0) is 18.0. The number of carboxylic acids is 1. The number of nitrogens with one attached hydrogen (secondary N) is 2. The lowest BCUT2D eigenvalue weighted by molar-refractivity contribution is -0.123. The lowest BCUT2D eigenvalue weighted by Gasteiger charge is -2.09. The Labute approximate surface area is 142 Å². The molecule has 0 fully saturated rings. The fraction of sp³-hybridized carbons (Fsp3) is 0.0556. The third-order valence-electron chi connectivity index (χ3n) is 3.69.